The summed E-state index contributed by atoms with van der Waals surface area (Å²) in [6.07, 6.45) is 0.418. The van der Waals surface area contributed by atoms with Gasteiger partial charge < -0.3 is 21.5 Å². The fourth-order valence-electron chi connectivity index (χ4n) is 1.22. The van der Waals surface area contributed by atoms with Gasteiger partial charge in [0.05, 0.1) is 12.6 Å². The molecule has 0 unspecified atom stereocenters. The quantitative estimate of drug-likeness (QED) is 0.471. The van der Waals surface area contributed by atoms with E-state index in [1.54, 1.807) is 0 Å². The highest BCUT2D eigenvalue weighted by atomic mass is 16.4. The van der Waals surface area contributed by atoms with E-state index >= 15 is 0 Å². The highest BCUT2D eigenvalue weighted by molar-refractivity contribution is 5.89. The average molecular weight is 260 g/mol. The van der Waals surface area contributed by atoms with Crippen molar-refractivity contribution in [3.05, 3.63) is 0 Å². The number of aliphatic carboxylic acids is 1. The Morgan fingerprint density at radius 1 is 1.33 bits per heavy atom. The lowest BCUT2D eigenvalue weighted by Crippen LogP contribution is -2.47. The maximum absolute atomic E-state index is 11.7. The SMILES string of the molecule is [2H]N(CC(=O)N[C@@H](C)C(=O)O)C(=O)[C@@H](N)CC(C)C. The first kappa shape index (κ1) is 14.4. The lowest BCUT2D eigenvalue weighted by atomic mass is 10.0. The van der Waals surface area contributed by atoms with Crippen LogP contribution in [-0.4, -0.2) is 41.5 Å². The second-order valence-electron chi connectivity index (χ2n) is 4.52. The zero-order valence-corrected chi connectivity index (χ0v) is 10.8. The van der Waals surface area contributed by atoms with Gasteiger partial charge >= 0.3 is 5.97 Å². The highest BCUT2D eigenvalue weighted by Crippen LogP contribution is 2.02. The zero-order chi connectivity index (χ0) is 15.2. The Labute approximate surface area is 108 Å². The van der Waals surface area contributed by atoms with Crippen LogP contribution in [0.2, 0.25) is 1.41 Å². The van der Waals surface area contributed by atoms with Gasteiger partial charge in [-0.15, -0.1) is 0 Å². The molecule has 7 nitrogen and oxygen atoms in total. The fourth-order valence-corrected chi connectivity index (χ4v) is 1.22. The number of amides is 2. The Bertz CT molecular complexity index is 349. The van der Waals surface area contributed by atoms with Crippen molar-refractivity contribution in [2.24, 2.45) is 11.7 Å². The second kappa shape index (κ2) is 7.65. The molecule has 0 bridgehead atoms. The molecule has 0 aliphatic rings. The molecular weight excluding hydrogens is 238 g/mol. The van der Waals surface area contributed by atoms with Gasteiger partial charge in [-0.2, -0.15) is 0 Å². The number of carboxylic acids is 1. The summed E-state index contributed by atoms with van der Waals surface area (Å²) in [7, 11) is 0. The van der Waals surface area contributed by atoms with Crippen molar-refractivity contribution in [3.63, 3.8) is 0 Å². The molecule has 0 heterocycles. The van der Waals surface area contributed by atoms with Crippen LogP contribution in [0.5, 0.6) is 0 Å². The smallest absolute Gasteiger partial charge is 0.325 e. The zero-order valence-electron chi connectivity index (χ0n) is 11.8. The number of carbonyl (C=O) groups is 3. The van der Waals surface area contributed by atoms with Crippen LogP contribution < -0.4 is 16.4 Å². The van der Waals surface area contributed by atoms with Gasteiger partial charge in [0.2, 0.25) is 11.8 Å². The van der Waals surface area contributed by atoms with Crippen LogP contribution in [-0.2, 0) is 14.4 Å². The van der Waals surface area contributed by atoms with Gasteiger partial charge in [-0.1, -0.05) is 13.8 Å². The van der Waals surface area contributed by atoms with Crippen molar-refractivity contribution >= 4 is 17.8 Å². The highest BCUT2D eigenvalue weighted by Gasteiger charge is 2.17. The molecule has 0 aromatic carbocycles. The molecule has 0 aliphatic carbocycles. The molecule has 0 radical (unpaired) electrons. The molecule has 0 spiro atoms. The van der Waals surface area contributed by atoms with E-state index in [1.165, 1.54) is 6.92 Å². The molecule has 0 fully saturated rings. The molecule has 0 saturated carbocycles. The third-order valence-electron chi connectivity index (χ3n) is 2.17. The van der Waals surface area contributed by atoms with Crippen molar-refractivity contribution < 1.29 is 20.9 Å². The van der Waals surface area contributed by atoms with Crippen LogP contribution in [0.3, 0.4) is 0 Å². The lowest BCUT2D eigenvalue weighted by Gasteiger charge is -2.14. The topological polar surface area (TPSA) is 122 Å². The number of hydrogen-bond acceptors (Lipinski definition) is 4. The van der Waals surface area contributed by atoms with Gasteiger partial charge in [0, 0.05) is 0 Å². The summed E-state index contributed by atoms with van der Waals surface area (Å²) in [5.74, 6) is -2.36. The molecule has 5 N–H and O–H groups in total. The van der Waals surface area contributed by atoms with E-state index in [1.807, 2.05) is 13.8 Å². The summed E-state index contributed by atoms with van der Waals surface area (Å²) >= 11 is 0. The average Bonchev–Trinajstić information content (AvgIpc) is 2.26. The molecule has 0 saturated heterocycles. The number of rotatable bonds is 7. The molecule has 2 atom stereocenters. The minimum Gasteiger partial charge on any atom is -0.480 e. The van der Waals surface area contributed by atoms with Crippen LogP contribution in [0.25, 0.3) is 0 Å². The van der Waals surface area contributed by atoms with Crippen LogP contribution in [0.4, 0.5) is 0 Å². The predicted octanol–water partition coefficient (Wildman–Crippen LogP) is -0.935. The first-order chi connectivity index (χ1) is 8.65. The Morgan fingerprint density at radius 2 is 1.89 bits per heavy atom. The third kappa shape index (κ3) is 6.85. The molecular formula is C11H21N3O4. The monoisotopic (exact) mass is 260 g/mol. The summed E-state index contributed by atoms with van der Waals surface area (Å²) < 4.78 is 7.43. The summed E-state index contributed by atoms with van der Waals surface area (Å²) in [5.41, 5.74) is 5.61. The predicted molar refractivity (Wildman–Crippen MR) is 65.7 cm³/mol. The van der Waals surface area contributed by atoms with Crippen LogP contribution >= 0.6 is 0 Å². The van der Waals surface area contributed by atoms with E-state index < -0.39 is 36.4 Å². The Hall–Kier alpha value is -1.63. The minimum absolute atomic E-state index is 0.202. The summed E-state index contributed by atoms with van der Waals surface area (Å²) in [6, 6.07) is -1.90. The maximum Gasteiger partial charge on any atom is 0.325 e. The second-order valence-corrected chi connectivity index (χ2v) is 4.52. The first-order valence-electron chi connectivity index (χ1n) is 6.17. The number of nitrogens with two attached hydrogens (primary N) is 1. The standard InChI is InChI=1S/C11H21N3O4/c1-6(2)4-8(12)10(16)13-5-9(15)14-7(3)11(17)18/h6-8H,4-5,12H2,1-3H3,(H,13,16)(H,14,15)(H,17,18)/t7-,8-/m0/s1/i/hD. The van der Waals surface area contributed by atoms with Crippen LogP contribution in [0.15, 0.2) is 0 Å². The first-order valence-corrected chi connectivity index (χ1v) is 5.73. The largest absolute Gasteiger partial charge is 0.480 e. The third-order valence-corrected chi connectivity index (χ3v) is 2.17. The normalized spacial score (nSPS) is 14.6. The van der Waals surface area contributed by atoms with Crippen molar-refractivity contribution in [2.45, 2.75) is 39.3 Å². The van der Waals surface area contributed by atoms with Gasteiger partial charge in [0.15, 0.2) is 1.41 Å². The summed E-state index contributed by atoms with van der Waals surface area (Å²) in [6.45, 7) is 4.54. The van der Waals surface area contributed by atoms with Gasteiger partial charge in [-0.25, -0.2) is 0 Å². The minimum atomic E-state index is -1.19. The van der Waals surface area contributed by atoms with Crippen molar-refractivity contribution in [1.82, 2.24) is 10.6 Å². The van der Waals surface area contributed by atoms with E-state index in [4.69, 9.17) is 12.3 Å². The van der Waals surface area contributed by atoms with Crippen molar-refractivity contribution in [2.75, 3.05) is 6.54 Å². The van der Waals surface area contributed by atoms with Gasteiger partial charge in [0.25, 0.3) is 0 Å². The maximum atomic E-state index is 11.7. The van der Waals surface area contributed by atoms with Gasteiger partial charge in [-0.05, 0) is 19.3 Å². The van der Waals surface area contributed by atoms with E-state index in [2.05, 4.69) is 5.32 Å². The number of nitrogens with one attached hydrogen (secondary N) is 2. The molecule has 18 heavy (non-hydrogen) atoms. The summed E-state index contributed by atoms with van der Waals surface area (Å²) in [5, 5.41) is 11.2. The molecule has 0 rings (SSSR count). The van der Waals surface area contributed by atoms with Gasteiger partial charge in [-0.3, -0.25) is 14.4 Å². The molecule has 2 amide bonds. The van der Waals surface area contributed by atoms with Crippen molar-refractivity contribution in [3.8, 4) is 0 Å². The fraction of sp³-hybridized carbons (Fsp3) is 0.727. The van der Waals surface area contributed by atoms with E-state index in [0.717, 1.165) is 0 Å². The Morgan fingerprint density at radius 3 is 2.33 bits per heavy atom. The molecule has 0 aromatic heterocycles. The molecule has 7 heteroatoms. The molecule has 104 valence electrons. The number of carbonyl (C=O) groups excluding carboxylic acids is 2. The molecule has 0 aliphatic heterocycles. The van der Waals surface area contributed by atoms with E-state index in [-0.39, 0.29) is 5.92 Å². The lowest BCUT2D eigenvalue weighted by molar-refractivity contribution is -0.141. The van der Waals surface area contributed by atoms with Crippen molar-refractivity contribution in [1.29, 1.82) is 0 Å². The van der Waals surface area contributed by atoms with E-state index in [9.17, 15) is 14.4 Å². The molecule has 0 aromatic rings. The Kier molecular flexibility index (Phi) is 6.13. The Balaban J connectivity index is 4.29. The summed E-state index contributed by atoms with van der Waals surface area (Å²) in [4.78, 5) is 33.6. The number of hydrogen-bond donors (Lipinski definition) is 4. The van der Waals surface area contributed by atoms with E-state index in [0.29, 0.717) is 11.7 Å². The van der Waals surface area contributed by atoms with Gasteiger partial charge in [0.1, 0.15) is 6.04 Å². The van der Waals surface area contributed by atoms with Crippen LogP contribution in [0, 0.1) is 5.92 Å². The number of carboxylic acid groups (broad SMARTS) is 1. The van der Waals surface area contributed by atoms with Crippen LogP contribution in [0.1, 0.15) is 27.2 Å².